The van der Waals surface area contributed by atoms with Gasteiger partial charge in [0.05, 0.1) is 6.61 Å². The molecule has 0 saturated heterocycles. The summed E-state index contributed by atoms with van der Waals surface area (Å²) in [6.07, 6.45) is 10.3. The second-order valence-corrected chi connectivity index (χ2v) is 6.13. The molecule has 2 aliphatic rings. The smallest absolute Gasteiger partial charge is 0.127 e. The monoisotopic (exact) mass is 259 g/mol. The van der Waals surface area contributed by atoms with Crippen molar-refractivity contribution in [3.63, 3.8) is 0 Å². The fourth-order valence-electron chi connectivity index (χ4n) is 3.62. The van der Waals surface area contributed by atoms with Gasteiger partial charge in [0, 0.05) is 11.6 Å². The molecule has 2 nitrogen and oxygen atoms in total. The Balaban J connectivity index is 1.73. The number of hydrogen-bond acceptors (Lipinski definition) is 2. The topological polar surface area (TPSA) is 35.2 Å². The molecule has 1 aromatic rings. The van der Waals surface area contributed by atoms with Gasteiger partial charge in [-0.05, 0) is 30.7 Å². The zero-order chi connectivity index (χ0) is 13.1. The van der Waals surface area contributed by atoms with Crippen LogP contribution in [0.2, 0.25) is 0 Å². The van der Waals surface area contributed by atoms with E-state index in [1.54, 1.807) is 0 Å². The van der Waals surface area contributed by atoms with Crippen LogP contribution in [0.1, 0.15) is 62.1 Å². The molecule has 0 radical (unpaired) electrons. The summed E-state index contributed by atoms with van der Waals surface area (Å²) in [6, 6.07) is 6.64. The van der Waals surface area contributed by atoms with Gasteiger partial charge in [-0.15, -0.1) is 0 Å². The van der Waals surface area contributed by atoms with Gasteiger partial charge in [-0.2, -0.15) is 0 Å². The maximum absolute atomic E-state index is 6.47. The molecule has 0 aromatic heterocycles. The first kappa shape index (κ1) is 13.0. The minimum Gasteiger partial charge on any atom is -0.493 e. The Labute approximate surface area is 116 Å². The van der Waals surface area contributed by atoms with E-state index >= 15 is 0 Å². The standard InChI is InChI=1S/C17H25NO/c18-16(12-13-6-2-1-3-7-13)15-10-4-8-14-9-5-11-19-17(14)15/h4,8,10,13,16H,1-3,5-7,9,11-12,18H2. The predicted octanol–water partition coefficient (Wildman–Crippen LogP) is 3.98. The lowest BCUT2D eigenvalue weighted by atomic mass is 9.83. The van der Waals surface area contributed by atoms with Crippen LogP contribution in [0, 0.1) is 5.92 Å². The maximum atomic E-state index is 6.47. The summed E-state index contributed by atoms with van der Waals surface area (Å²) in [5.74, 6) is 1.92. The highest BCUT2D eigenvalue weighted by molar-refractivity contribution is 5.44. The molecule has 0 bridgehead atoms. The van der Waals surface area contributed by atoms with Crippen LogP contribution in [-0.4, -0.2) is 6.61 Å². The molecule has 0 amide bonds. The first-order valence-electron chi connectivity index (χ1n) is 7.85. The predicted molar refractivity (Wildman–Crippen MR) is 78.4 cm³/mol. The molecule has 2 N–H and O–H groups in total. The first-order valence-corrected chi connectivity index (χ1v) is 7.85. The van der Waals surface area contributed by atoms with Crippen molar-refractivity contribution in [2.75, 3.05) is 6.61 Å². The van der Waals surface area contributed by atoms with Gasteiger partial charge in [-0.1, -0.05) is 50.3 Å². The van der Waals surface area contributed by atoms with Crippen LogP contribution in [-0.2, 0) is 6.42 Å². The van der Waals surface area contributed by atoms with E-state index in [-0.39, 0.29) is 6.04 Å². The summed E-state index contributed by atoms with van der Waals surface area (Å²) in [6.45, 7) is 0.847. The van der Waals surface area contributed by atoms with Gasteiger partial charge in [0.25, 0.3) is 0 Å². The maximum Gasteiger partial charge on any atom is 0.127 e. The number of ether oxygens (including phenoxy) is 1. The van der Waals surface area contributed by atoms with Gasteiger partial charge in [0.2, 0.25) is 0 Å². The average Bonchev–Trinajstić information content (AvgIpc) is 2.47. The average molecular weight is 259 g/mol. The van der Waals surface area contributed by atoms with E-state index < -0.39 is 0 Å². The Hall–Kier alpha value is -1.02. The minimum atomic E-state index is 0.149. The first-order chi connectivity index (χ1) is 9.34. The van der Waals surface area contributed by atoms with Gasteiger partial charge in [-0.3, -0.25) is 0 Å². The summed E-state index contributed by atoms with van der Waals surface area (Å²) >= 11 is 0. The molecule has 1 heterocycles. The van der Waals surface area contributed by atoms with E-state index in [0.717, 1.165) is 37.5 Å². The number of para-hydroxylation sites is 1. The van der Waals surface area contributed by atoms with E-state index in [1.807, 2.05) is 0 Å². The molecule has 1 aliphatic heterocycles. The second kappa shape index (κ2) is 5.96. The molecule has 19 heavy (non-hydrogen) atoms. The molecule has 1 unspecified atom stereocenters. The van der Waals surface area contributed by atoms with Crippen LogP contribution < -0.4 is 10.5 Å². The highest BCUT2D eigenvalue weighted by Gasteiger charge is 2.22. The van der Waals surface area contributed by atoms with Crippen molar-refractivity contribution in [1.29, 1.82) is 0 Å². The summed E-state index contributed by atoms with van der Waals surface area (Å²) in [5, 5.41) is 0. The lowest BCUT2D eigenvalue weighted by molar-refractivity contribution is 0.277. The van der Waals surface area contributed by atoms with Gasteiger partial charge in [0.15, 0.2) is 0 Å². The lowest BCUT2D eigenvalue weighted by Crippen LogP contribution is -2.20. The van der Waals surface area contributed by atoms with Crippen molar-refractivity contribution in [2.45, 2.75) is 57.4 Å². The molecule has 3 rings (SSSR count). The Bertz CT molecular complexity index is 423. The Morgan fingerprint density at radius 2 is 2.00 bits per heavy atom. The zero-order valence-electron chi connectivity index (χ0n) is 11.7. The molecule has 1 atom stereocenters. The van der Waals surface area contributed by atoms with Crippen molar-refractivity contribution >= 4 is 0 Å². The second-order valence-electron chi connectivity index (χ2n) is 6.13. The molecular formula is C17H25NO. The number of rotatable bonds is 3. The molecule has 1 aromatic carbocycles. The van der Waals surface area contributed by atoms with Crippen molar-refractivity contribution < 1.29 is 4.74 Å². The molecule has 104 valence electrons. The van der Waals surface area contributed by atoms with Crippen LogP contribution >= 0.6 is 0 Å². The highest BCUT2D eigenvalue weighted by atomic mass is 16.5. The molecule has 1 aliphatic carbocycles. The summed E-state index contributed by atoms with van der Waals surface area (Å²) in [5.41, 5.74) is 9.06. The molecule has 2 heteroatoms. The number of aryl methyl sites for hydroxylation is 1. The number of fused-ring (bicyclic) bond motifs is 1. The third kappa shape index (κ3) is 2.94. The molecule has 1 saturated carbocycles. The third-order valence-electron chi connectivity index (χ3n) is 4.68. The van der Waals surface area contributed by atoms with Crippen LogP contribution in [0.4, 0.5) is 0 Å². The number of benzene rings is 1. The zero-order valence-corrected chi connectivity index (χ0v) is 11.7. The van der Waals surface area contributed by atoms with E-state index in [4.69, 9.17) is 10.5 Å². The van der Waals surface area contributed by atoms with Gasteiger partial charge >= 0.3 is 0 Å². The van der Waals surface area contributed by atoms with Crippen molar-refractivity contribution in [1.82, 2.24) is 0 Å². The molecule has 1 fully saturated rings. The van der Waals surface area contributed by atoms with Crippen molar-refractivity contribution in [3.8, 4) is 5.75 Å². The van der Waals surface area contributed by atoms with E-state index in [9.17, 15) is 0 Å². The number of nitrogens with two attached hydrogens (primary N) is 1. The quantitative estimate of drug-likeness (QED) is 0.891. The fourth-order valence-corrected chi connectivity index (χ4v) is 3.62. The highest BCUT2D eigenvalue weighted by Crippen LogP contribution is 2.36. The summed E-state index contributed by atoms with van der Waals surface area (Å²) in [7, 11) is 0. The van der Waals surface area contributed by atoms with E-state index in [1.165, 1.54) is 43.2 Å². The molecular weight excluding hydrogens is 234 g/mol. The SMILES string of the molecule is NC(CC1CCCCC1)c1cccc2c1OCCC2. The normalized spacial score (nSPS) is 21.5. The van der Waals surface area contributed by atoms with Gasteiger partial charge in [0.1, 0.15) is 5.75 Å². The van der Waals surface area contributed by atoms with Crippen LogP contribution in [0.15, 0.2) is 18.2 Å². The lowest BCUT2D eigenvalue weighted by Gasteiger charge is -2.27. The van der Waals surface area contributed by atoms with Gasteiger partial charge < -0.3 is 10.5 Å². The van der Waals surface area contributed by atoms with E-state index in [0.29, 0.717) is 0 Å². The third-order valence-corrected chi connectivity index (χ3v) is 4.68. The Kier molecular flexibility index (Phi) is 4.07. The van der Waals surface area contributed by atoms with Crippen LogP contribution in [0.5, 0.6) is 5.75 Å². The van der Waals surface area contributed by atoms with Crippen molar-refractivity contribution in [3.05, 3.63) is 29.3 Å². The fraction of sp³-hybridized carbons (Fsp3) is 0.647. The van der Waals surface area contributed by atoms with E-state index in [2.05, 4.69) is 18.2 Å². The Morgan fingerprint density at radius 3 is 2.84 bits per heavy atom. The molecule has 0 spiro atoms. The Morgan fingerprint density at radius 1 is 1.16 bits per heavy atom. The van der Waals surface area contributed by atoms with Crippen molar-refractivity contribution in [2.24, 2.45) is 11.7 Å². The largest absolute Gasteiger partial charge is 0.493 e. The minimum absolute atomic E-state index is 0.149. The summed E-state index contributed by atoms with van der Waals surface area (Å²) < 4.78 is 5.88. The number of hydrogen-bond donors (Lipinski definition) is 1. The van der Waals surface area contributed by atoms with Crippen LogP contribution in [0.25, 0.3) is 0 Å². The summed E-state index contributed by atoms with van der Waals surface area (Å²) in [4.78, 5) is 0. The van der Waals surface area contributed by atoms with Gasteiger partial charge in [-0.25, -0.2) is 0 Å². The van der Waals surface area contributed by atoms with Crippen LogP contribution in [0.3, 0.4) is 0 Å².